The average molecular weight is 550 g/mol. The summed E-state index contributed by atoms with van der Waals surface area (Å²) in [6, 6.07) is 5.02. The normalized spacial score (nSPS) is 22.6. The van der Waals surface area contributed by atoms with Gasteiger partial charge in [-0.2, -0.15) is 0 Å². The van der Waals surface area contributed by atoms with E-state index in [0.717, 1.165) is 0 Å². The molecule has 5 rings (SSSR count). The number of amides is 4. The molecular weight excluding hydrogens is 528 g/mol. The van der Waals surface area contributed by atoms with Crippen molar-refractivity contribution in [2.45, 2.75) is 63.2 Å². The number of benzene rings is 1. The lowest BCUT2D eigenvalue weighted by molar-refractivity contribution is -0.276. The molecule has 2 aromatic rings. The molecule has 0 spiro atoms. The number of alkyl halides is 3. The van der Waals surface area contributed by atoms with E-state index in [9.17, 15) is 32.3 Å². The van der Waals surface area contributed by atoms with Gasteiger partial charge in [0.1, 0.15) is 18.0 Å². The van der Waals surface area contributed by atoms with Gasteiger partial charge in [-0.15, -0.1) is 13.2 Å². The largest absolute Gasteiger partial charge is 0.574 e. The maximum absolute atomic E-state index is 15.2. The SMILES string of the molecule is O=C1CC[C@@H](N2Cc3ccc(CNC(=O)OC4CC(c5cccnc5OC(F)(F)F)C4)c(F)c3C2=O)C(=O)N1. The number of carbonyl (C=O) groups excluding carboxylic acids is 4. The highest BCUT2D eigenvalue weighted by atomic mass is 19.4. The van der Waals surface area contributed by atoms with E-state index in [2.05, 4.69) is 20.4 Å². The number of nitrogens with zero attached hydrogens (tertiary/aromatic N) is 2. The molecule has 2 aliphatic heterocycles. The monoisotopic (exact) mass is 550 g/mol. The van der Waals surface area contributed by atoms with Gasteiger partial charge in [0.15, 0.2) is 0 Å². The van der Waals surface area contributed by atoms with Gasteiger partial charge in [0.2, 0.25) is 17.7 Å². The number of alkyl carbamates (subject to hydrolysis) is 1. The minimum Gasteiger partial charge on any atom is -0.446 e. The molecular formula is C25H22F4N4O6. The zero-order chi connectivity index (χ0) is 27.9. The highest BCUT2D eigenvalue weighted by Crippen LogP contribution is 2.42. The Kier molecular flexibility index (Phi) is 6.87. The molecule has 2 N–H and O–H groups in total. The molecule has 4 amide bonds. The summed E-state index contributed by atoms with van der Waals surface area (Å²) in [6.07, 6.45) is -4.40. The summed E-state index contributed by atoms with van der Waals surface area (Å²) >= 11 is 0. The van der Waals surface area contributed by atoms with Crippen LogP contribution in [0.3, 0.4) is 0 Å². The molecule has 3 aliphatic rings. The number of hydrogen-bond donors (Lipinski definition) is 2. The Hall–Kier alpha value is -4.23. The molecule has 1 atom stereocenters. The summed E-state index contributed by atoms with van der Waals surface area (Å²) in [4.78, 5) is 53.6. The van der Waals surface area contributed by atoms with Gasteiger partial charge in [0.25, 0.3) is 5.91 Å². The molecule has 0 radical (unpaired) electrons. The molecule has 1 saturated heterocycles. The van der Waals surface area contributed by atoms with Gasteiger partial charge >= 0.3 is 12.5 Å². The third-order valence-electron chi connectivity index (χ3n) is 6.95. The van der Waals surface area contributed by atoms with Crippen molar-refractivity contribution in [1.82, 2.24) is 20.5 Å². The Morgan fingerprint density at radius 2 is 1.95 bits per heavy atom. The third kappa shape index (κ3) is 5.49. The summed E-state index contributed by atoms with van der Waals surface area (Å²) < 4.78 is 62.3. The Bertz CT molecular complexity index is 1340. The van der Waals surface area contributed by atoms with Crippen LogP contribution in [0.4, 0.5) is 22.4 Å². The molecule has 1 aliphatic carbocycles. The topological polar surface area (TPSA) is 127 Å². The number of fused-ring (bicyclic) bond motifs is 1. The van der Waals surface area contributed by atoms with Gasteiger partial charge < -0.3 is 19.7 Å². The highest BCUT2D eigenvalue weighted by Gasteiger charge is 2.41. The maximum atomic E-state index is 15.2. The van der Waals surface area contributed by atoms with Crippen molar-refractivity contribution in [3.63, 3.8) is 0 Å². The summed E-state index contributed by atoms with van der Waals surface area (Å²) in [7, 11) is 0. The van der Waals surface area contributed by atoms with Crippen LogP contribution in [0.5, 0.6) is 5.88 Å². The quantitative estimate of drug-likeness (QED) is 0.418. The standard InChI is InChI=1S/C25H22F4N4O6/c26-20-12(3-4-13-11-33(23(36)19(13)20)17-5-6-18(34)32-21(17)35)10-31-24(37)38-15-8-14(9-15)16-2-1-7-30-22(16)39-25(27,28)29/h1-4,7,14-15,17H,5-6,8-11H2,(H,31,37)(H,32,34,35)/t14?,15?,17-/m1/s1. The average Bonchev–Trinajstić information content (AvgIpc) is 3.17. The van der Waals surface area contributed by atoms with Gasteiger partial charge in [-0.3, -0.25) is 19.7 Å². The van der Waals surface area contributed by atoms with Crippen LogP contribution >= 0.6 is 0 Å². The van der Waals surface area contributed by atoms with Gasteiger partial charge in [0, 0.05) is 36.8 Å². The first-order valence-electron chi connectivity index (χ1n) is 12.1. The Morgan fingerprint density at radius 3 is 2.67 bits per heavy atom. The maximum Gasteiger partial charge on any atom is 0.574 e. The summed E-state index contributed by atoms with van der Waals surface area (Å²) in [6.45, 7) is -0.269. The minimum absolute atomic E-state index is 0.0165. The fourth-order valence-corrected chi connectivity index (χ4v) is 4.97. The van der Waals surface area contributed by atoms with E-state index < -0.39 is 54.0 Å². The van der Waals surface area contributed by atoms with Crippen molar-refractivity contribution in [3.05, 3.63) is 58.5 Å². The van der Waals surface area contributed by atoms with E-state index in [1.807, 2.05) is 0 Å². The number of halogens is 4. The zero-order valence-electron chi connectivity index (χ0n) is 20.2. The predicted molar refractivity (Wildman–Crippen MR) is 122 cm³/mol. The lowest BCUT2D eigenvalue weighted by atomic mass is 9.78. The number of ether oxygens (including phenoxy) is 2. The molecule has 3 heterocycles. The number of rotatable bonds is 6. The van der Waals surface area contributed by atoms with Crippen LogP contribution in [0.25, 0.3) is 0 Å². The molecule has 206 valence electrons. The van der Waals surface area contributed by atoms with Crippen molar-refractivity contribution in [2.24, 2.45) is 0 Å². The van der Waals surface area contributed by atoms with Crippen LogP contribution in [0, 0.1) is 5.82 Å². The fraction of sp³-hybridized carbons (Fsp3) is 0.400. The molecule has 1 aromatic carbocycles. The summed E-state index contributed by atoms with van der Waals surface area (Å²) in [5.74, 6) is -3.43. The van der Waals surface area contributed by atoms with Crippen LogP contribution in [0.1, 0.15) is 58.6 Å². The van der Waals surface area contributed by atoms with Crippen LogP contribution in [-0.2, 0) is 27.4 Å². The van der Waals surface area contributed by atoms with Crippen LogP contribution in [0.15, 0.2) is 30.5 Å². The van der Waals surface area contributed by atoms with Gasteiger partial charge in [0.05, 0.1) is 5.56 Å². The third-order valence-corrected chi connectivity index (χ3v) is 6.95. The van der Waals surface area contributed by atoms with Crippen LogP contribution in [-0.4, -0.2) is 52.2 Å². The molecule has 14 heteroatoms. The van der Waals surface area contributed by atoms with E-state index in [1.165, 1.54) is 35.4 Å². The smallest absolute Gasteiger partial charge is 0.446 e. The lowest BCUT2D eigenvalue weighted by Crippen LogP contribution is -2.52. The minimum atomic E-state index is -4.89. The molecule has 1 aromatic heterocycles. The van der Waals surface area contributed by atoms with E-state index in [0.29, 0.717) is 5.56 Å². The second-order valence-electron chi connectivity index (χ2n) is 9.47. The van der Waals surface area contributed by atoms with Crippen molar-refractivity contribution in [2.75, 3.05) is 0 Å². The van der Waals surface area contributed by atoms with Gasteiger partial charge in [-0.1, -0.05) is 18.2 Å². The Labute approximate surface area is 218 Å². The second-order valence-corrected chi connectivity index (χ2v) is 9.47. The van der Waals surface area contributed by atoms with E-state index in [1.54, 1.807) is 0 Å². The van der Waals surface area contributed by atoms with Gasteiger partial charge in [-0.05, 0) is 36.8 Å². The summed E-state index contributed by atoms with van der Waals surface area (Å²) in [5, 5.41) is 4.59. The zero-order valence-corrected chi connectivity index (χ0v) is 20.2. The first-order valence-corrected chi connectivity index (χ1v) is 12.1. The number of nitrogens with one attached hydrogen (secondary N) is 2. The number of piperidine rings is 1. The summed E-state index contributed by atoms with van der Waals surface area (Å²) in [5.41, 5.74) is 0.479. The Balaban J connectivity index is 1.15. The van der Waals surface area contributed by atoms with Crippen LogP contribution < -0.4 is 15.4 Å². The van der Waals surface area contributed by atoms with Crippen LogP contribution in [0.2, 0.25) is 0 Å². The van der Waals surface area contributed by atoms with Crippen molar-refractivity contribution in [3.8, 4) is 5.88 Å². The molecule has 0 bridgehead atoms. The Morgan fingerprint density at radius 1 is 1.18 bits per heavy atom. The number of carbonyl (C=O) groups is 4. The van der Waals surface area contributed by atoms with E-state index in [4.69, 9.17) is 4.74 Å². The first-order chi connectivity index (χ1) is 18.5. The fourth-order valence-electron chi connectivity index (χ4n) is 4.97. The predicted octanol–water partition coefficient (Wildman–Crippen LogP) is 3.05. The highest BCUT2D eigenvalue weighted by molar-refractivity contribution is 6.05. The molecule has 2 fully saturated rings. The molecule has 39 heavy (non-hydrogen) atoms. The number of hydrogen-bond acceptors (Lipinski definition) is 7. The lowest BCUT2D eigenvalue weighted by Gasteiger charge is -2.35. The first kappa shape index (κ1) is 26.4. The van der Waals surface area contributed by atoms with Crippen molar-refractivity contribution >= 4 is 23.8 Å². The number of imide groups is 1. The number of pyridine rings is 1. The van der Waals surface area contributed by atoms with Crippen molar-refractivity contribution in [1.29, 1.82) is 0 Å². The van der Waals surface area contributed by atoms with Crippen molar-refractivity contribution < 1.29 is 46.2 Å². The second kappa shape index (κ2) is 10.2. The molecule has 0 unspecified atom stereocenters. The molecule has 10 nitrogen and oxygen atoms in total. The van der Waals surface area contributed by atoms with E-state index >= 15 is 4.39 Å². The van der Waals surface area contributed by atoms with E-state index in [-0.39, 0.29) is 61.4 Å². The number of aromatic nitrogens is 1. The molecule has 1 saturated carbocycles. The van der Waals surface area contributed by atoms with Gasteiger partial charge in [-0.25, -0.2) is 14.2 Å².